The predicted molar refractivity (Wildman–Crippen MR) is 429 cm³/mol. The molecule has 10 rings (SSSR count). The lowest BCUT2D eigenvalue weighted by Crippen LogP contribution is -2.39. The van der Waals surface area contributed by atoms with Gasteiger partial charge in [0, 0.05) is 0 Å². The largest absolute Gasteiger partial charge is 0.467 e. The number of hydrogen-bond donors (Lipinski definition) is 0. The summed E-state index contributed by atoms with van der Waals surface area (Å²) in [6, 6.07) is 14.4. The van der Waals surface area contributed by atoms with Crippen LogP contribution in [0.1, 0.15) is 38.8 Å². The normalized spacial score (nSPS) is 27.2. The van der Waals surface area contributed by atoms with E-state index in [1.807, 2.05) is 12.8 Å². The smallest absolute Gasteiger partial charge is 0.422 e. The Morgan fingerprint density at radius 1 is 0.377 bits per heavy atom. The zero-order valence-corrected chi connectivity index (χ0v) is 81.0. The molecule has 3 aromatic carbocycles. The van der Waals surface area contributed by atoms with E-state index in [9.17, 15) is 182 Å². The number of alkyl halides is 6. The first-order valence-electron chi connectivity index (χ1n) is 35.5. The maximum atomic E-state index is 12.8. The Bertz CT molecular complexity index is 6610. The summed E-state index contributed by atoms with van der Waals surface area (Å²) in [7, 11) is -61.1. The quantitative estimate of drug-likeness (QED) is 0.0284. The Labute approximate surface area is 780 Å². The van der Waals surface area contributed by atoms with E-state index in [2.05, 4.69) is 88.8 Å². The van der Waals surface area contributed by atoms with E-state index in [0.29, 0.717) is 6.07 Å². The molecule has 7 fully saturated rings. The fraction of sp³-hybridized carbons (Fsp3) is 0.525. The van der Waals surface area contributed by atoms with Crippen LogP contribution in [0.5, 0.6) is 17.2 Å². The van der Waals surface area contributed by atoms with Crippen LogP contribution in [0.15, 0.2) is 85.5 Å². The van der Waals surface area contributed by atoms with E-state index in [-0.39, 0.29) is 18.1 Å². The molecule has 0 N–H and O–H groups in total. The highest BCUT2D eigenvalue weighted by Gasteiger charge is 2.49. The van der Waals surface area contributed by atoms with Crippen LogP contribution >= 0.6 is 0 Å². The van der Waals surface area contributed by atoms with Gasteiger partial charge in [-0.2, -0.15) is 144 Å². The van der Waals surface area contributed by atoms with Crippen molar-refractivity contribution >= 4 is 183 Å². The summed E-state index contributed by atoms with van der Waals surface area (Å²) < 4.78 is 494. The Balaban J connectivity index is 0.000000337. The number of benzene rings is 3. The van der Waals surface area contributed by atoms with Crippen LogP contribution < -0.4 is 14.2 Å². The van der Waals surface area contributed by atoms with Crippen LogP contribution in [0.2, 0.25) is 0 Å². The third kappa shape index (κ3) is 43.9. The second-order valence-corrected chi connectivity index (χ2v) is 51.6. The topological polar surface area (TPSA) is 791 Å². The van der Waals surface area contributed by atoms with Gasteiger partial charge >= 0.3 is 54.1 Å². The van der Waals surface area contributed by atoms with Crippen LogP contribution in [0, 0.1) is 25.1 Å². The number of para-hydroxylation sites is 1. The van der Waals surface area contributed by atoms with Crippen molar-refractivity contribution in [1.29, 1.82) is 0 Å². The standard InChI is InChI=1S/C11H9F3O8S2.C11H12O8S2.C10H9FO8S2.C8H12O8S2.C8H10O8S2.C7H9F3O8S2.C6H10O8S2/c12-11(13,14)7-3-1-2-4-8(7)21-10(15)9-5-20-23(16,17)6-24(18,19)22-9;1-8-2-4-9(5-3-8)18-11(12)10-6-17-20(13,14)7-21(15,16)19-10;11-7-1-3-8(4-2-7)18-10(12)9-5-17-20(13,14)6-21(15,16)19-9;2*1-3-4-14-8(9)7-6(2)15-17(10,11)5-18(12,13)16-7;1-4-5(6(11)16-2-7(8,9)10)18-20(14,15)3-19(12,13)17-4;1-4-5(6(7)12-2)14-16(10,11)3-15(8,9)13-4/h1-4,9H,5-6H2;2-5,10H,6-7H2,1H3;1-4,9H,5-6H2;3,6-7H,1,4-5H2,2H3;1,6-7H,4-5H2,2H3;4-5H,2-3H2,1H3;4-5H,3H2,1-2H3. The highest BCUT2D eigenvalue weighted by atomic mass is 32.3. The molecule has 138 heavy (non-hydrogen) atoms. The van der Waals surface area contributed by atoms with E-state index in [4.69, 9.17) is 15.9 Å². The van der Waals surface area contributed by atoms with Crippen LogP contribution in [0.4, 0.5) is 30.7 Å². The van der Waals surface area contributed by atoms with Crippen molar-refractivity contribution in [3.05, 3.63) is 102 Å². The van der Waals surface area contributed by atoms with Crippen molar-refractivity contribution in [3.8, 4) is 29.6 Å². The van der Waals surface area contributed by atoms with Crippen molar-refractivity contribution in [2.45, 2.75) is 114 Å². The third-order valence-electron chi connectivity index (χ3n) is 14.5. The van der Waals surface area contributed by atoms with E-state index < -0.39 is 349 Å². The molecule has 0 aliphatic carbocycles. The van der Waals surface area contributed by atoms with Crippen molar-refractivity contribution in [1.82, 2.24) is 0 Å². The van der Waals surface area contributed by atoms with E-state index >= 15 is 0 Å². The number of carbonyl (C=O) groups excluding carboxylic acids is 7. The molecule has 11 atom stereocenters. The third-order valence-corrected chi connectivity index (χ3v) is 38.1. The number of terminal acetylenes is 1. The maximum absolute atomic E-state index is 12.8. The van der Waals surface area contributed by atoms with Crippen molar-refractivity contribution in [2.75, 3.05) is 82.3 Å². The van der Waals surface area contributed by atoms with Crippen LogP contribution in [0.3, 0.4) is 0 Å². The zero-order chi connectivity index (χ0) is 106. The number of rotatable bonds is 14. The molecule has 3 aromatic rings. The maximum Gasteiger partial charge on any atom is 0.422 e. The fourth-order valence-electron chi connectivity index (χ4n) is 9.28. The van der Waals surface area contributed by atoms with Gasteiger partial charge in [-0.15, -0.1) is 6.42 Å². The molecule has 56 nitrogen and oxygen atoms in total. The van der Waals surface area contributed by atoms with Gasteiger partial charge in [-0.05, 0) is 83.1 Å². The average Bonchev–Trinajstić information content (AvgIpc) is 1.32. The summed E-state index contributed by atoms with van der Waals surface area (Å²) in [5, 5.41) is -9.82. The molecular formula is C61H71F7O56S14. The Morgan fingerprint density at radius 3 is 0.957 bits per heavy atom. The molecule has 7 saturated heterocycles. The number of ether oxygens (including phenoxy) is 7. The van der Waals surface area contributed by atoms with Crippen molar-refractivity contribution < 1.29 is 274 Å². The predicted octanol–water partition coefficient (Wildman–Crippen LogP) is -3.85. The van der Waals surface area contributed by atoms with E-state index in [1.54, 1.807) is 12.1 Å². The van der Waals surface area contributed by atoms with Crippen LogP contribution in [-0.2, 0) is 259 Å². The molecule has 0 bridgehead atoms. The number of halogens is 7. The summed E-state index contributed by atoms with van der Waals surface area (Å²) in [6.07, 6.45) is -21.7. The molecule has 7 aliphatic rings. The molecule has 7 heterocycles. The molecule has 77 heteroatoms. The van der Waals surface area contributed by atoms with E-state index in [1.165, 1.54) is 39.0 Å². The summed E-state index contributed by atoms with van der Waals surface area (Å²) in [5.41, 5.74) is -0.333. The van der Waals surface area contributed by atoms with Crippen LogP contribution in [-0.4, -0.2) is 315 Å². The molecule has 0 aromatic heterocycles. The lowest BCUT2D eigenvalue weighted by Gasteiger charge is -2.18. The molecule has 0 amide bonds. The first kappa shape index (κ1) is 122. The van der Waals surface area contributed by atoms with E-state index in [0.717, 1.165) is 62.1 Å². The molecule has 0 radical (unpaired) electrons. The Morgan fingerprint density at radius 2 is 0.652 bits per heavy atom. The van der Waals surface area contributed by atoms with Gasteiger partial charge in [-0.1, -0.05) is 48.4 Å². The van der Waals surface area contributed by atoms with Gasteiger partial charge in [0.1, 0.15) is 73.9 Å². The first-order valence-corrected chi connectivity index (χ1v) is 57.6. The average molecular weight is 2280 g/mol. The van der Waals surface area contributed by atoms with Gasteiger partial charge in [0.15, 0.2) is 31.5 Å². The zero-order valence-electron chi connectivity index (χ0n) is 69.6. The molecule has 0 saturated carbocycles. The summed E-state index contributed by atoms with van der Waals surface area (Å²) in [6.45, 7) is 4.49. The minimum Gasteiger partial charge on any atom is -0.467 e. The van der Waals surface area contributed by atoms with Gasteiger partial charge in [0.25, 0.3) is 142 Å². The lowest BCUT2D eigenvalue weighted by molar-refractivity contribution is -0.192. The van der Waals surface area contributed by atoms with Crippen LogP contribution in [0.25, 0.3) is 0 Å². The first-order chi connectivity index (χ1) is 62.5. The fourth-order valence-corrected chi connectivity index (χ4v) is 29.4. The number of esters is 7. The molecule has 0 spiro atoms. The van der Waals surface area contributed by atoms with Crippen molar-refractivity contribution in [2.24, 2.45) is 0 Å². The summed E-state index contributed by atoms with van der Waals surface area (Å²) in [5.74, 6) is -7.98. The Hall–Kier alpha value is -8.50. The van der Waals surface area contributed by atoms with Gasteiger partial charge in [0.2, 0.25) is 60.0 Å². The second-order valence-electron chi connectivity index (χ2n) is 26.5. The second kappa shape index (κ2) is 48.5. The number of aryl methyl sites for hydroxylation is 1. The minimum atomic E-state index is -4.83. The SMILES string of the molecule is C#CCOC(=O)C1OS(=O)(=O)CS(=O)(=O)OC1C.C=CCOC(=O)C1OS(=O)(=O)CS(=O)(=O)OC1C.CC1OS(=O)(=O)CS(=O)(=O)OC1C(=O)OCC(F)(F)F.COC(=O)C1OS(=O)(=O)CS(=O)(=O)OC1C.Cc1ccc(OC(=O)C2COS(=O)(=O)CS(=O)(=O)O2)cc1.O=C(Oc1ccc(F)cc1)C1COS(=O)(=O)CS(=O)(=O)O1.O=C(Oc1ccccc1C(F)(F)F)C1COS(=O)(=O)CS(=O)(=O)O1. The molecular weight excluding hydrogens is 2210 g/mol. The number of hydrogen-bond acceptors (Lipinski definition) is 56. The summed E-state index contributed by atoms with van der Waals surface area (Å²) >= 11 is 0. The van der Waals surface area contributed by atoms with Gasteiger partial charge < -0.3 is 33.2 Å². The molecule has 11 unspecified atom stereocenters. The van der Waals surface area contributed by atoms with Gasteiger partial charge in [0.05, 0.1) is 12.7 Å². The molecule has 784 valence electrons. The summed E-state index contributed by atoms with van der Waals surface area (Å²) in [4.78, 5) is 80.8. The highest BCUT2D eigenvalue weighted by molar-refractivity contribution is 8.06. The van der Waals surface area contributed by atoms with Gasteiger partial charge in [-0.3, -0.25) is 58.6 Å². The number of carbonyl (C=O) groups is 7. The monoisotopic (exact) mass is 2280 g/mol. The van der Waals surface area contributed by atoms with Gasteiger partial charge in [-0.25, -0.2) is 38.0 Å². The van der Waals surface area contributed by atoms with Crippen molar-refractivity contribution in [3.63, 3.8) is 0 Å². The highest BCUT2D eigenvalue weighted by Crippen LogP contribution is 2.37. The minimum absolute atomic E-state index is 0.0606. The lowest BCUT2D eigenvalue weighted by atomic mass is 10.2. The number of methoxy groups -OCH3 is 1. The molecule has 7 aliphatic heterocycles. The Kier molecular flexibility index (Phi) is 42.8.